The third-order valence-electron chi connectivity index (χ3n) is 8.93. The van der Waals surface area contributed by atoms with Gasteiger partial charge in [-0.2, -0.15) is 0 Å². The van der Waals surface area contributed by atoms with Crippen molar-refractivity contribution >= 4 is 28.9 Å². The number of allylic oxidation sites excluding steroid dienone is 1. The summed E-state index contributed by atoms with van der Waals surface area (Å²) >= 11 is 13.1. The molecule has 31 heavy (non-hydrogen) atoms. The molecule has 1 saturated heterocycles. The summed E-state index contributed by atoms with van der Waals surface area (Å²) in [6.45, 7) is 1.11. The van der Waals surface area contributed by atoms with E-state index in [1.54, 1.807) is 0 Å². The lowest BCUT2D eigenvalue weighted by Gasteiger charge is -2.58. The lowest BCUT2D eigenvalue weighted by Crippen LogP contribution is -3.00. The minimum Gasteiger partial charge on any atom is -1.00 e. The van der Waals surface area contributed by atoms with Crippen LogP contribution in [0, 0.1) is 23.2 Å². The van der Waals surface area contributed by atoms with Gasteiger partial charge in [-0.15, -0.1) is 0 Å². The first-order chi connectivity index (χ1) is 14.5. The van der Waals surface area contributed by atoms with Crippen LogP contribution in [0.4, 0.5) is 5.69 Å². The fraction of sp³-hybridized carbons (Fsp3) is 0.680. The highest BCUT2D eigenvalue weighted by Crippen LogP contribution is 2.63. The molecule has 1 unspecified atom stereocenters. The van der Waals surface area contributed by atoms with Crippen molar-refractivity contribution in [2.45, 2.75) is 75.9 Å². The summed E-state index contributed by atoms with van der Waals surface area (Å²) in [6.07, 6.45) is 13.7. The van der Waals surface area contributed by atoms with Crippen molar-refractivity contribution in [2.75, 3.05) is 11.9 Å². The van der Waals surface area contributed by atoms with Gasteiger partial charge in [-0.05, 0) is 86.8 Å². The molecule has 7 rings (SSSR count). The van der Waals surface area contributed by atoms with E-state index in [2.05, 4.69) is 16.7 Å². The van der Waals surface area contributed by atoms with Crippen molar-refractivity contribution < 1.29 is 22.8 Å². The van der Waals surface area contributed by atoms with Crippen LogP contribution >= 0.6 is 23.2 Å². The number of halogens is 3. The molecule has 4 N–H and O–H groups in total. The molecule has 6 heteroatoms. The smallest absolute Gasteiger partial charge is 0.116 e. The molecule has 0 amide bonds. The minimum absolute atomic E-state index is 0. The van der Waals surface area contributed by atoms with Crippen LogP contribution in [-0.4, -0.2) is 23.8 Å². The molecule has 0 radical (unpaired) electrons. The van der Waals surface area contributed by atoms with Gasteiger partial charge in [0.25, 0.3) is 0 Å². The number of rotatable bonds is 3. The van der Waals surface area contributed by atoms with Gasteiger partial charge in [-0.1, -0.05) is 29.3 Å². The lowest BCUT2D eigenvalue weighted by atomic mass is 9.48. The predicted molar refractivity (Wildman–Crippen MR) is 122 cm³/mol. The minimum atomic E-state index is -0.412. The number of quaternary nitrogens is 1. The Balaban J connectivity index is 0.00000204. The number of aliphatic hydroxyl groups is 1. The number of hydrogen-bond donors (Lipinski definition) is 3. The van der Waals surface area contributed by atoms with Crippen LogP contribution in [0.1, 0.15) is 69.3 Å². The molecule has 1 aromatic rings. The second-order valence-electron chi connectivity index (χ2n) is 11.0. The van der Waals surface area contributed by atoms with Gasteiger partial charge in [0.1, 0.15) is 12.1 Å². The summed E-state index contributed by atoms with van der Waals surface area (Å²) in [6, 6.07) is 4.11. The quantitative estimate of drug-likeness (QED) is 0.616. The predicted octanol–water partition coefficient (Wildman–Crippen LogP) is 2.08. The third-order valence-corrected chi connectivity index (χ3v) is 9.44. The molecule has 3 atom stereocenters. The van der Waals surface area contributed by atoms with Gasteiger partial charge < -0.3 is 28.1 Å². The molecule has 0 aromatic heterocycles. The molecular weight excluding hydrogens is 451 g/mol. The number of aliphatic hydroxyl groups excluding tert-OH is 1. The Bertz CT molecular complexity index is 844. The van der Waals surface area contributed by atoms with Crippen molar-refractivity contribution in [3.63, 3.8) is 0 Å². The average molecular weight is 484 g/mol. The third kappa shape index (κ3) is 3.83. The number of anilines is 1. The number of fused-ring (bicyclic) bond motifs is 1. The Morgan fingerprint density at radius 1 is 1.03 bits per heavy atom. The average Bonchev–Trinajstić information content (AvgIpc) is 2.72. The molecular formula is C25H33Cl3N2O. The van der Waals surface area contributed by atoms with Gasteiger partial charge >= 0.3 is 0 Å². The van der Waals surface area contributed by atoms with Gasteiger partial charge in [0.2, 0.25) is 0 Å². The van der Waals surface area contributed by atoms with Gasteiger partial charge in [-0.25, -0.2) is 0 Å². The molecule has 170 valence electrons. The maximum atomic E-state index is 11.5. The van der Waals surface area contributed by atoms with E-state index in [0.29, 0.717) is 10.0 Å². The highest BCUT2D eigenvalue weighted by atomic mass is 35.5. The molecule has 4 saturated carbocycles. The summed E-state index contributed by atoms with van der Waals surface area (Å²) < 4.78 is 0. The molecule has 4 bridgehead atoms. The van der Waals surface area contributed by atoms with E-state index in [0.717, 1.165) is 42.0 Å². The van der Waals surface area contributed by atoms with Crippen molar-refractivity contribution in [1.29, 1.82) is 0 Å². The van der Waals surface area contributed by atoms with Crippen molar-refractivity contribution in [2.24, 2.45) is 23.2 Å². The monoisotopic (exact) mass is 482 g/mol. The molecule has 4 aliphatic carbocycles. The molecule has 1 aromatic carbocycles. The number of hydrogen-bond acceptors (Lipinski definition) is 2. The first-order valence-corrected chi connectivity index (χ1v) is 12.8. The van der Waals surface area contributed by atoms with Gasteiger partial charge in [0, 0.05) is 28.5 Å². The first-order valence-electron chi connectivity index (χ1n) is 12.0. The zero-order valence-corrected chi connectivity index (χ0v) is 20.2. The van der Waals surface area contributed by atoms with Crippen LogP contribution in [0.25, 0.3) is 0 Å². The Kier molecular flexibility index (Phi) is 6.06. The van der Waals surface area contributed by atoms with Gasteiger partial charge in [0.15, 0.2) is 0 Å². The highest BCUT2D eigenvalue weighted by Gasteiger charge is 2.53. The van der Waals surface area contributed by atoms with Crippen molar-refractivity contribution in [3.8, 4) is 0 Å². The summed E-state index contributed by atoms with van der Waals surface area (Å²) in [5, 5.41) is 19.0. The lowest BCUT2D eigenvalue weighted by molar-refractivity contribution is -0.704. The zero-order chi connectivity index (χ0) is 20.5. The van der Waals surface area contributed by atoms with Gasteiger partial charge in [0.05, 0.1) is 17.3 Å². The van der Waals surface area contributed by atoms with Crippen LogP contribution in [0.15, 0.2) is 23.9 Å². The first kappa shape index (κ1) is 22.3. The number of piperidine rings is 1. The van der Waals surface area contributed by atoms with Crippen molar-refractivity contribution in [3.05, 3.63) is 39.5 Å². The topological polar surface area (TPSA) is 48.9 Å². The SMILES string of the molecule is O[C@@H](C1C=C(C23CC4CC(CC(C4)C2)C3)Nc2c(Cl)cc(Cl)cc21)[C@H]1CCCC[NH2+]1.[Cl-]. The van der Waals surface area contributed by atoms with E-state index in [9.17, 15) is 5.11 Å². The van der Waals surface area contributed by atoms with Crippen LogP contribution in [0.5, 0.6) is 0 Å². The molecule has 2 aliphatic heterocycles. The summed E-state index contributed by atoms with van der Waals surface area (Å²) in [5.41, 5.74) is 3.64. The van der Waals surface area contributed by atoms with E-state index in [4.69, 9.17) is 23.2 Å². The van der Waals surface area contributed by atoms with E-state index in [1.165, 1.54) is 57.1 Å². The Morgan fingerprint density at radius 3 is 2.32 bits per heavy atom. The van der Waals surface area contributed by atoms with Crippen molar-refractivity contribution in [1.82, 2.24) is 0 Å². The van der Waals surface area contributed by atoms with Gasteiger partial charge in [-0.3, -0.25) is 0 Å². The Morgan fingerprint density at radius 2 is 1.71 bits per heavy atom. The van der Waals surface area contributed by atoms with Crippen LogP contribution in [0.3, 0.4) is 0 Å². The molecule has 2 heterocycles. The Labute approximate surface area is 201 Å². The summed E-state index contributed by atoms with van der Waals surface area (Å²) in [4.78, 5) is 0. The van der Waals surface area contributed by atoms with E-state index in [1.807, 2.05) is 12.1 Å². The molecule has 6 aliphatic rings. The second kappa shape index (κ2) is 8.40. The molecule has 5 fully saturated rings. The number of nitrogens with one attached hydrogen (secondary N) is 1. The van der Waals surface area contributed by atoms with E-state index < -0.39 is 6.10 Å². The Hall–Kier alpha value is -0.450. The van der Waals surface area contributed by atoms with E-state index in [-0.39, 0.29) is 29.8 Å². The highest BCUT2D eigenvalue weighted by molar-refractivity contribution is 6.36. The largest absolute Gasteiger partial charge is 1.00 e. The normalized spacial score (nSPS) is 39.2. The zero-order valence-electron chi connectivity index (χ0n) is 17.9. The standard InChI is InChI=1S/C25H32Cl2N2O.ClH/c26-17-8-18-19(24(30)21-3-1-2-4-28-21)10-22(29-23(18)20(27)9-17)25-11-14-5-15(12-25)7-16(6-14)13-25;/h8-10,14-16,19,21,24,28-30H,1-7,11-13H2;1H/t14?,15?,16?,19?,21-,24+,25?;/m1./s1. The summed E-state index contributed by atoms with van der Waals surface area (Å²) in [5.74, 6) is 2.61. The van der Waals surface area contributed by atoms with Crippen LogP contribution < -0.4 is 23.0 Å². The molecule has 0 spiro atoms. The maximum absolute atomic E-state index is 11.5. The maximum Gasteiger partial charge on any atom is 0.116 e. The molecule has 3 nitrogen and oxygen atoms in total. The summed E-state index contributed by atoms with van der Waals surface area (Å²) in [7, 11) is 0. The van der Waals surface area contributed by atoms with E-state index >= 15 is 0 Å². The van der Waals surface area contributed by atoms with Crippen LogP contribution in [0.2, 0.25) is 10.0 Å². The van der Waals surface area contributed by atoms with Crippen LogP contribution in [-0.2, 0) is 0 Å². The number of benzene rings is 1. The fourth-order valence-electron chi connectivity index (χ4n) is 8.02. The fourth-order valence-corrected chi connectivity index (χ4v) is 8.57. The number of nitrogens with two attached hydrogens (primary N) is 1. The second-order valence-corrected chi connectivity index (χ2v) is 11.8.